The molecule has 1 atom stereocenters. The lowest BCUT2D eigenvalue weighted by Crippen LogP contribution is -2.49. The lowest BCUT2D eigenvalue weighted by molar-refractivity contribution is 0.171. The lowest BCUT2D eigenvalue weighted by Gasteiger charge is -2.19. The molecule has 84 valence electrons. The van der Waals surface area contributed by atoms with Gasteiger partial charge >= 0.3 is 6.09 Å². The van der Waals surface area contributed by atoms with Gasteiger partial charge in [-0.3, -0.25) is 0 Å². The molecule has 0 fully saturated rings. The monoisotopic (exact) mass is 231 g/mol. The Hall–Kier alpha value is -1.50. The van der Waals surface area contributed by atoms with Crippen molar-refractivity contribution in [3.05, 3.63) is 0 Å². The Labute approximate surface area is 88.0 Å². The van der Waals surface area contributed by atoms with Crippen LogP contribution in [0.25, 0.3) is 0 Å². The highest BCUT2D eigenvalue weighted by atomic mass is 28.3. The standard InChI is InChI=1S/C8H13NO5Si/c1-7(3-9-8(13)14-2)15(4-10,5-11)6-12/h4-7H,3H2,1-2H3,(H,9,13). The summed E-state index contributed by atoms with van der Waals surface area (Å²) in [6, 6.07) is 0. The minimum absolute atomic E-state index is 0.0646. The van der Waals surface area contributed by atoms with E-state index in [0.717, 1.165) is 0 Å². The van der Waals surface area contributed by atoms with Crippen molar-refractivity contribution in [2.75, 3.05) is 13.7 Å². The molecular weight excluding hydrogens is 218 g/mol. The quantitative estimate of drug-likeness (QED) is 0.491. The zero-order valence-electron chi connectivity index (χ0n) is 8.56. The van der Waals surface area contributed by atoms with Crippen molar-refractivity contribution in [1.82, 2.24) is 5.32 Å². The van der Waals surface area contributed by atoms with Gasteiger partial charge in [0.15, 0.2) is 0 Å². The number of carbonyl (C=O) groups is 4. The minimum atomic E-state index is -3.21. The van der Waals surface area contributed by atoms with E-state index < -0.39 is 19.7 Å². The third-order valence-corrected chi connectivity index (χ3v) is 5.34. The molecule has 0 aliphatic heterocycles. The largest absolute Gasteiger partial charge is 0.453 e. The maximum absolute atomic E-state index is 10.7. The molecule has 7 heteroatoms. The van der Waals surface area contributed by atoms with E-state index in [1.54, 1.807) is 6.92 Å². The van der Waals surface area contributed by atoms with E-state index in [4.69, 9.17) is 0 Å². The number of rotatable bonds is 6. The van der Waals surface area contributed by atoms with Gasteiger partial charge in [-0.25, -0.2) is 4.79 Å². The fraction of sp³-hybridized carbons (Fsp3) is 0.500. The van der Waals surface area contributed by atoms with Gasteiger partial charge in [0.1, 0.15) is 17.7 Å². The van der Waals surface area contributed by atoms with Crippen molar-refractivity contribution < 1.29 is 23.9 Å². The summed E-state index contributed by atoms with van der Waals surface area (Å²) in [5, 5.41) is 2.34. The zero-order valence-corrected chi connectivity index (χ0v) is 9.56. The zero-order chi connectivity index (χ0) is 11.9. The number of hydrogen-bond acceptors (Lipinski definition) is 5. The first kappa shape index (κ1) is 13.5. The highest BCUT2D eigenvalue weighted by molar-refractivity contribution is 7.33. The second kappa shape index (κ2) is 6.07. The highest BCUT2D eigenvalue weighted by Gasteiger charge is 2.40. The molecule has 0 spiro atoms. The molecule has 1 unspecified atom stereocenters. The summed E-state index contributed by atoms with van der Waals surface area (Å²) in [5.41, 5.74) is -0.482. The van der Waals surface area contributed by atoms with Gasteiger partial charge in [-0.1, -0.05) is 6.92 Å². The fourth-order valence-corrected chi connectivity index (χ4v) is 2.24. The number of amides is 1. The van der Waals surface area contributed by atoms with Crippen LogP contribution in [0.1, 0.15) is 6.92 Å². The molecule has 1 amide bonds. The molecule has 0 saturated heterocycles. The van der Waals surface area contributed by atoms with E-state index in [0.29, 0.717) is 17.7 Å². The molecule has 0 bridgehead atoms. The first-order valence-electron chi connectivity index (χ1n) is 4.27. The van der Waals surface area contributed by atoms with E-state index in [1.165, 1.54) is 7.11 Å². The number of ether oxygens (including phenoxy) is 1. The van der Waals surface area contributed by atoms with Crippen LogP contribution in [0.15, 0.2) is 0 Å². The van der Waals surface area contributed by atoms with Gasteiger partial charge in [-0.2, -0.15) is 0 Å². The third-order valence-electron chi connectivity index (χ3n) is 2.20. The minimum Gasteiger partial charge on any atom is -0.453 e. The number of hydrogen-bond donors (Lipinski definition) is 1. The van der Waals surface area contributed by atoms with Crippen molar-refractivity contribution in [3.8, 4) is 0 Å². The van der Waals surface area contributed by atoms with Crippen LogP contribution in [0.2, 0.25) is 5.54 Å². The van der Waals surface area contributed by atoms with E-state index in [1.807, 2.05) is 0 Å². The first-order valence-corrected chi connectivity index (χ1v) is 6.58. The number of nitrogens with one attached hydrogen (secondary N) is 1. The SMILES string of the molecule is COC(=O)NCC(C)[Si](C=O)(C=O)C=O. The van der Waals surface area contributed by atoms with Gasteiger partial charge in [-0.05, 0) is 5.54 Å². The summed E-state index contributed by atoms with van der Waals surface area (Å²) < 4.78 is 4.31. The number of alkyl carbamates (subject to hydrolysis) is 1. The second-order valence-corrected chi connectivity index (χ2v) is 6.82. The molecule has 0 heterocycles. The smallest absolute Gasteiger partial charge is 0.406 e. The molecular formula is C8H13NO5Si. The molecule has 0 aromatic heterocycles. The highest BCUT2D eigenvalue weighted by Crippen LogP contribution is 2.14. The van der Waals surface area contributed by atoms with Crippen LogP contribution in [0, 0.1) is 0 Å². The van der Waals surface area contributed by atoms with E-state index in [9.17, 15) is 19.2 Å². The average Bonchev–Trinajstić information content (AvgIpc) is 2.28. The average molecular weight is 231 g/mol. The molecule has 0 aliphatic rings. The number of carbonyl (C=O) groups excluding carboxylic acids is 4. The fourth-order valence-electron chi connectivity index (χ4n) is 0.917. The lowest BCUT2D eigenvalue weighted by atomic mass is 10.5. The molecule has 15 heavy (non-hydrogen) atoms. The molecule has 0 rings (SSSR count). The summed E-state index contributed by atoms with van der Waals surface area (Å²) in [5.74, 6) is 1.24. The Morgan fingerprint density at radius 2 is 1.80 bits per heavy atom. The summed E-state index contributed by atoms with van der Waals surface area (Å²) >= 11 is 0. The predicted molar refractivity (Wildman–Crippen MR) is 55.8 cm³/mol. The Morgan fingerprint density at radius 3 is 2.13 bits per heavy atom. The maximum atomic E-state index is 10.7. The van der Waals surface area contributed by atoms with E-state index in [-0.39, 0.29) is 6.54 Å². The summed E-state index contributed by atoms with van der Waals surface area (Å²) in [6.45, 7) is 1.63. The first-order chi connectivity index (χ1) is 7.06. The van der Waals surface area contributed by atoms with Crippen LogP contribution in [0.5, 0.6) is 0 Å². The van der Waals surface area contributed by atoms with Crippen LogP contribution in [-0.2, 0) is 19.1 Å². The predicted octanol–water partition coefficient (Wildman–Crippen LogP) is -0.503. The molecule has 1 N–H and O–H groups in total. The Balaban J connectivity index is 4.45. The van der Waals surface area contributed by atoms with Crippen LogP contribution < -0.4 is 5.32 Å². The molecule has 0 aromatic carbocycles. The van der Waals surface area contributed by atoms with E-state index >= 15 is 0 Å². The summed E-state index contributed by atoms with van der Waals surface area (Å²) in [4.78, 5) is 42.8. The number of methoxy groups -OCH3 is 1. The van der Waals surface area contributed by atoms with Gasteiger partial charge in [-0.15, -0.1) is 0 Å². The van der Waals surface area contributed by atoms with Crippen molar-refractivity contribution in [2.45, 2.75) is 12.5 Å². The topological polar surface area (TPSA) is 89.5 Å². The van der Waals surface area contributed by atoms with Crippen LogP contribution in [-0.4, -0.2) is 45.5 Å². The molecule has 0 aliphatic carbocycles. The van der Waals surface area contributed by atoms with Crippen molar-refractivity contribution in [3.63, 3.8) is 0 Å². The van der Waals surface area contributed by atoms with Crippen molar-refractivity contribution in [2.24, 2.45) is 0 Å². The molecule has 0 saturated carbocycles. The molecule has 6 nitrogen and oxygen atoms in total. The maximum Gasteiger partial charge on any atom is 0.406 e. The van der Waals surface area contributed by atoms with Gasteiger partial charge in [0, 0.05) is 6.54 Å². The van der Waals surface area contributed by atoms with Crippen molar-refractivity contribution in [1.29, 1.82) is 0 Å². The van der Waals surface area contributed by atoms with Gasteiger partial charge in [0.2, 0.25) is 0 Å². The van der Waals surface area contributed by atoms with Crippen LogP contribution in [0.4, 0.5) is 4.79 Å². The Bertz CT molecular complexity index is 246. The second-order valence-electron chi connectivity index (χ2n) is 3.13. The Kier molecular flexibility index (Phi) is 5.46. The van der Waals surface area contributed by atoms with Crippen LogP contribution >= 0.6 is 0 Å². The van der Waals surface area contributed by atoms with Crippen molar-refractivity contribution >= 4 is 31.9 Å². The molecule has 0 radical (unpaired) electrons. The third kappa shape index (κ3) is 3.28. The van der Waals surface area contributed by atoms with Gasteiger partial charge < -0.3 is 24.4 Å². The Morgan fingerprint density at radius 1 is 1.33 bits per heavy atom. The van der Waals surface area contributed by atoms with E-state index in [2.05, 4.69) is 10.1 Å². The van der Waals surface area contributed by atoms with Crippen LogP contribution in [0.3, 0.4) is 0 Å². The molecule has 0 aromatic rings. The van der Waals surface area contributed by atoms with Gasteiger partial charge in [0.25, 0.3) is 8.07 Å². The van der Waals surface area contributed by atoms with Gasteiger partial charge in [0.05, 0.1) is 7.11 Å². The summed E-state index contributed by atoms with van der Waals surface area (Å²) in [7, 11) is -2.01. The summed E-state index contributed by atoms with van der Waals surface area (Å²) in [6.07, 6.45) is -0.660. The normalized spacial score (nSPS) is 12.4.